The molecular formula is C13H14ClN3O2S. The van der Waals surface area contributed by atoms with Crippen LogP contribution in [0.4, 0.5) is 5.69 Å². The molecule has 1 aliphatic heterocycles. The largest absolute Gasteiger partial charge is 0.269 e. The van der Waals surface area contributed by atoms with Gasteiger partial charge in [-0.2, -0.15) is 5.10 Å². The third kappa shape index (κ3) is 1.75. The van der Waals surface area contributed by atoms with Gasteiger partial charge in [0, 0.05) is 12.0 Å². The molecule has 1 aromatic heterocycles. The Morgan fingerprint density at radius 2 is 2.00 bits per heavy atom. The van der Waals surface area contributed by atoms with Gasteiger partial charge in [0.2, 0.25) is 0 Å². The molecule has 7 heteroatoms. The van der Waals surface area contributed by atoms with Crippen LogP contribution in [0.25, 0.3) is 0 Å². The zero-order valence-electron chi connectivity index (χ0n) is 11.0. The lowest BCUT2D eigenvalue weighted by molar-refractivity contribution is 0.573. The van der Waals surface area contributed by atoms with Crippen molar-refractivity contribution in [2.45, 2.75) is 30.7 Å². The highest BCUT2D eigenvalue weighted by Crippen LogP contribution is 2.43. The minimum Gasteiger partial charge on any atom is -0.266 e. The molecule has 3 rings (SSSR count). The van der Waals surface area contributed by atoms with Crippen LogP contribution in [0.15, 0.2) is 35.4 Å². The first-order valence-corrected chi connectivity index (χ1v) is 8.08. The summed E-state index contributed by atoms with van der Waals surface area (Å²) in [6.45, 7) is 3.92. The van der Waals surface area contributed by atoms with E-state index in [1.165, 1.54) is 10.5 Å². The minimum atomic E-state index is -3.71. The molecule has 1 aliphatic rings. The number of rotatable bonds is 2. The number of sulfonamides is 1. The van der Waals surface area contributed by atoms with Crippen molar-refractivity contribution < 1.29 is 8.42 Å². The van der Waals surface area contributed by atoms with E-state index in [1.54, 1.807) is 0 Å². The van der Waals surface area contributed by atoms with Gasteiger partial charge in [-0.3, -0.25) is 9.40 Å². The molecule has 0 saturated heterocycles. The Morgan fingerprint density at radius 3 is 2.65 bits per heavy atom. The molecule has 0 spiro atoms. The molecule has 1 N–H and O–H groups in total. The maximum Gasteiger partial charge on any atom is 0.269 e. The summed E-state index contributed by atoms with van der Waals surface area (Å²) in [5, 5.41) is 6.19. The fourth-order valence-corrected chi connectivity index (χ4v) is 4.75. The molecule has 2 heterocycles. The van der Waals surface area contributed by atoms with Gasteiger partial charge in [-0.1, -0.05) is 36.7 Å². The van der Waals surface area contributed by atoms with E-state index in [2.05, 4.69) is 10.2 Å². The SMILES string of the molecule is CC1c2ccccc2N(S(=O)(=O)c2cn[nH]c2Cl)C1C. The van der Waals surface area contributed by atoms with E-state index in [-0.39, 0.29) is 22.0 Å². The van der Waals surface area contributed by atoms with Gasteiger partial charge in [-0.25, -0.2) is 8.42 Å². The summed E-state index contributed by atoms with van der Waals surface area (Å²) in [6, 6.07) is 7.37. The van der Waals surface area contributed by atoms with E-state index < -0.39 is 10.0 Å². The van der Waals surface area contributed by atoms with E-state index in [9.17, 15) is 8.42 Å². The van der Waals surface area contributed by atoms with Crippen LogP contribution in [0, 0.1) is 0 Å². The van der Waals surface area contributed by atoms with Gasteiger partial charge in [0.15, 0.2) is 0 Å². The molecule has 5 nitrogen and oxygen atoms in total. The van der Waals surface area contributed by atoms with Crippen molar-refractivity contribution >= 4 is 27.3 Å². The summed E-state index contributed by atoms with van der Waals surface area (Å²) in [5.74, 6) is 0.131. The molecular weight excluding hydrogens is 298 g/mol. The summed E-state index contributed by atoms with van der Waals surface area (Å²) in [7, 11) is -3.71. The van der Waals surface area contributed by atoms with E-state index >= 15 is 0 Å². The minimum absolute atomic E-state index is 0.00918. The van der Waals surface area contributed by atoms with Gasteiger partial charge >= 0.3 is 0 Å². The van der Waals surface area contributed by atoms with E-state index in [4.69, 9.17) is 11.6 Å². The summed E-state index contributed by atoms with van der Waals surface area (Å²) in [4.78, 5) is 0.00918. The summed E-state index contributed by atoms with van der Waals surface area (Å²) >= 11 is 5.89. The molecule has 0 fully saturated rings. The quantitative estimate of drug-likeness (QED) is 0.927. The first kappa shape index (κ1) is 13.5. The number of para-hydroxylation sites is 1. The maximum atomic E-state index is 12.8. The number of H-pyrrole nitrogens is 1. The average Bonchev–Trinajstić information content (AvgIpc) is 2.94. The topological polar surface area (TPSA) is 66.1 Å². The van der Waals surface area contributed by atoms with E-state index in [1.807, 2.05) is 38.1 Å². The standard InChI is InChI=1S/C13H14ClN3O2S/c1-8-9(2)17(11-6-4-3-5-10(8)11)20(18,19)12-7-15-16-13(12)14/h3-9H,1-2H3,(H,15,16). The fourth-order valence-electron chi connectivity index (χ4n) is 2.65. The van der Waals surface area contributed by atoms with Crippen LogP contribution < -0.4 is 4.31 Å². The van der Waals surface area contributed by atoms with Crippen molar-refractivity contribution in [2.75, 3.05) is 4.31 Å². The van der Waals surface area contributed by atoms with Crippen LogP contribution in [0.5, 0.6) is 0 Å². The Kier molecular flexibility index (Phi) is 3.02. The molecule has 0 bridgehead atoms. The number of hydrogen-bond donors (Lipinski definition) is 1. The van der Waals surface area contributed by atoms with Crippen molar-refractivity contribution in [1.29, 1.82) is 0 Å². The number of aromatic nitrogens is 2. The normalized spacial score (nSPS) is 22.1. The molecule has 2 atom stereocenters. The van der Waals surface area contributed by atoms with E-state index in [0.29, 0.717) is 5.69 Å². The third-order valence-corrected chi connectivity index (χ3v) is 6.17. The van der Waals surface area contributed by atoms with Crippen molar-refractivity contribution in [3.05, 3.63) is 41.2 Å². The van der Waals surface area contributed by atoms with Crippen molar-refractivity contribution in [3.8, 4) is 0 Å². The zero-order valence-corrected chi connectivity index (χ0v) is 12.6. The van der Waals surface area contributed by atoms with Gasteiger partial charge in [0.05, 0.1) is 11.9 Å². The number of nitrogens with zero attached hydrogens (tertiary/aromatic N) is 2. The second-order valence-electron chi connectivity index (χ2n) is 4.94. The molecule has 0 amide bonds. The second-order valence-corrected chi connectivity index (χ2v) is 7.10. The summed E-state index contributed by atoms with van der Waals surface area (Å²) in [6.07, 6.45) is 1.25. The lowest BCUT2D eigenvalue weighted by Crippen LogP contribution is -2.36. The van der Waals surface area contributed by atoms with Gasteiger partial charge in [-0.15, -0.1) is 0 Å². The Labute approximate surface area is 122 Å². The van der Waals surface area contributed by atoms with Crippen LogP contribution in [-0.4, -0.2) is 24.7 Å². The number of aromatic amines is 1. The molecule has 1 aromatic carbocycles. The lowest BCUT2D eigenvalue weighted by Gasteiger charge is -2.25. The number of hydrogen-bond acceptors (Lipinski definition) is 3. The molecule has 0 radical (unpaired) electrons. The van der Waals surface area contributed by atoms with Crippen LogP contribution in [0.2, 0.25) is 5.15 Å². The van der Waals surface area contributed by atoms with Crippen molar-refractivity contribution in [2.24, 2.45) is 0 Å². The van der Waals surface area contributed by atoms with Gasteiger partial charge in [0.1, 0.15) is 10.0 Å². The molecule has 0 aliphatic carbocycles. The Hall–Kier alpha value is -1.53. The number of fused-ring (bicyclic) bond motifs is 1. The summed E-state index contributed by atoms with van der Waals surface area (Å²) < 4.78 is 27.1. The number of benzene rings is 1. The average molecular weight is 312 g/mol. The first-order chi connectivity index (χ1) is 9.44. The number of halogens is 1. The summed E-state index contributed by atoms with van der Waals surface area (Å²) in [5.41, 5.74) is 1.74. The zero-order chi connectivity index (χ0) is 14.5. The number of anilines is 1. The molecule has 106 valence electrons. The van der Waals surface area contributed by atoms with Crippen LogP contribution >= 0.6 is 11.6 Å². The molecule has 2 aromatic rings. The smallest absolute Gasteiger partial charge is 0.266 e. The lowest BCUT2D eigenvalue weighted by atomic mass is 9.99. The maximum absolute atomic E-state index is 12.8. The van der Waals surface area contributed by atoms with Crippen LogP contribution in [-0.2, 0) is 10.0 Å². The fraction of sp³-hybridized carbons (Fsp3) is 0.308. The predicted molar refractivity (Wildman–Crippen MR) is 77.6 cm³/mol. The van der Waals surface area contributed by atoms with Crippen molar-refractivity contribution in [1.82, 2.24) is 10.2 Å². The molecule has 2 unspecified atom stereocenters. The van der Waals surface area contributed by atoms with Crippen molar-refractivity contribution in [3.63, 3.8) is 0 Å². The van der Waals surface area contributed by atoms with Gasteiger partial charge in [0.25, 0.3) is 10.0 Å². The van der Waals surface area contributed by atoms with Gasteiger partial charge in [-0.05, 0) is 18.6 Å². The Balaban J connectivity index is 2.18. The predicted octanol–water partition coefficient (Wildman–Crippen LogP) is 2.76. The van der Waals surface area contributed by atoms with Gasteiger partial charge < -0.3 is 0 Å². The second kappa shape index (κ2) is 4.49. The highest BCUT2D eigenvalue weighted by molar-refractivity contribution is 7.93. The first-order valence-electron chi connectivity index (χ1n) is 6.27. The van der Waals surface area contributed by atoms with Crippen LogP contribution in [0.3, 0.4) is 0 Å². The van der Waals surface area contributed by atoms with Crippen LogP contribution in [0.1, 0.15) is 25.3 Å². The molecule has 20 heavy (non-hydrogen) atoms. The highest BCUT2D eigenvalue weighted by atomic mass is 35.5. The number of nitrogens with one attached hydrogen (secondary N) is 1. The third-order valence-electron chi connectivity index (χ3n) is 3.86. The Morgan fingerprint density at radius 1 is 1.30 bits per heavy atom. The highest BCUT2D eigenvalue weighted by Gasteiger charge is 2.41. The van der Waals surface area contributed by atoms with E-state index in [0.717, 1.165) is 5.56 Å². The monoisotopic (exact) mass is 311 g/mol. The Bertz CT molecular complexity index is 756. The molecule has 0 saturated carbocycles.